The second-order valence-corrected chi connectivity index (χ2v) is 3.09. The average Bonchev–Trinajstić information content (AvgIpc) is 1.30. The van der Waals surface area contributed by atoms with Crippen LogP contribution < -0.4 is 51.4 Å². The van der Waals surface area contributed by atoms with Crippen LogP contribution in [0.3, 0.4) is 0 Å². The van der Waals surface area contributed by atoms with Crippen LogP contribution in [0.25, 0.3) is 0 Å². The molecule has 3 nitrogen and oxygen atoms in total. The summed E-state index contributed by atoms with van der Waals surface area (Å²) >= 11 is 3.83. The van der Waals surface area contributed by atoms with Crippen LogP contribution in [0.1, 0.15) is 6.92 Å². The molecule has 0 aromatic rings. The maximum absolute atomic E-state index is 9.82. The van der Waals surface area contributed by atoms with Crippen LogP contribution in [0.15, 0.2) is 0 Å². The van der Waals surface area contributed by atoms with E-state index in [9.17, 15) is 8.76 Å². The van der Waals surface area contributed by atoms with E-state index in [-0.39, 0.29) is 58.0 Å². The zero-order valence-corrected chi connectivity index (χ0v) is 9.50. The summed E-state index contributed by atoms with van der Waals surface area (Å²) in [6.07, 6.45) is 0. The van der Waals surface area contributed by atoms with Crippen molar-refractivity contribution in [2.24, 2.45) is 0 Å². The Kier molecular flexibility index (Phi) is 8.96. The van der Waals surface area contributed by atoms with E-state index in [4.69, 9.17) is 0 Å². The summed E-state index contributed by atoms with van der Waals surface area (Å²) in [7, 11) is -3.59. The van der Waals surface area contributed by atoms with Gasteiger partial charge in [-0.1, -0.05) is 0 Å². The monoisotopic (exact) mass is 180 g/mol. The molecule has 0 aromatic heterocycles. The van der Waals surface area contributed by atoms with Crippen LogP contribution in [0.4, 0.5) is 0 Å². The van der Waals surface area contributed by atoms with Crippen molar-refractivity contribution in [1.82, 2.24) is 0 Å². The molecular weight excluding hydrogens is 175 g/mol. The largest absolute Gasteiger partial charge is 1.00 e. The van der Waals surface area contributed by atoms with Crippen LogP contribution in [0.5, 0.6) is 0 Å². The predicted molar refractivity (Wildman–Crippen MR) is 27.9 cm³/mol. The van der Waals surface area contributed by atoms with Gasteiger partial charge >= 0.3 is 51.4 Å². The molecule has 0 rings (SSSR count). The Bertz CT molecular complexity index is 128. The summed E-state index contributed by atoms with van der Waals surface area (Å²) in [5, 5.41) is 0. The maximum atomic E-state index is 9.82. The van der Waals surface area contributed by atoms with E-state index < -0.39 is 9.05 Å². The molecule has 44 valence electrons. The summed E-state index contributed by atoms with van der Waals surface area (Å²) in [4.78, 5) is 0. The van der Waals surface area contributed by atoms with E-state index in [1.54, 1.807) is 6.92 Å². The van der Waals surface area contributed by atoms with Gasteiger partial charge in [0.1, 0.15) is 0 Å². The molecule has 0 amide bonds. The number of hydrogen-bond donors (Lipinski definition) is 0. The van der Waals surface area contributed by atoms with Crippen LogP contribution >= 0.6 is 0 Å². The second-order valence-electron chi connectivity index (χ2n) is 0.815. The first-order valence-corrected chi connectivity index (χ1v) is 4.00. The van der Waals surface area contributed by atoms with Crippen LogP contribution in [0.2, 0.25) is 0 Å². The van der Waals surface area contributed by atoms with Gasteiger partial charge in [0.25, 0.3) is 0 Å². The van der Waals surface area contributed by atoms with E-state index in [1.807, 2.05) is 0 Å². The molecule has 0 aromatic carbocycles. The third-order valence-electron chi connectivity index (χ3n) is 0.262. The van der Waals surface area contributed by atoms with Gasteiger partial charge in [-0.05, 0) is 18.1 Å². The Morgan fingerprint density at radius 2 is 2.25 bits per heavy atom. The van der Waals surface area contributed by atoms with Gasteiger partial charge < -0.3 is 4.55 Å². The normalized spacial score (nSPS) is 16.2. The van der Waals surface area contributed by atoms with E-state index in [1.165, 1.54) is 0 Å². The van der Waals surface area contributed by atoms with Gasteiger partial charge in [0.05, 0.1) is 15.7 Å². The molecule has 6 heteroatoms. The molecular formula is C2H5KO3S2. The topological polar surface area (TPSA) is 49.4 Å². The second kappa shape index (κ2) is 5.69. The van der Waals surface area contributed by atoms with Gasteiger partial charge in [0.2, 0.25) is 0 Å². The molecule has 0 aliphatic rings. The molecule has 0 spiro atoms. The van der Waals surface area contributed by atoms with E-state index in [2.05, 4.69) is 15.4 Å². The molecule has 0 radical (unpaired) electrons. The van der Waals surface area contributed by atoms with Crippen molar-refractivity contribution in [3.63, 3.8) is 0 Å². The van der Waals surface area contributed by atoms with Gasteiger partial charge in [-0.3, -0.25) is 4.18 Å². The molecule has 0 bridgehead atoms. The summed E-state index contributed by atoms with van der Waals surface area (Å²) < 4.78 is 23.7. The molecule has 0 aliphatic carbocycles. The third kappa shape index (κ3) is 10.8. The quantitative estimate of drug-likeness (QED) is 0.420. The molecule has 0 heterocycles. The minimum atomic E-state index is -3.59. The van der Waals surface area contributed by atoms with Gasteiger partial charge in [-0.15, -0.1) is 0 Å². The van der Waals surface area contributed by atoms with Gasteiger partial charge in [0.15, 0.2) is 0 Å². The minimum absolute atomic E-state index is 0. The zero-order valence-electron chi connectivity index (χ0n) is 4.75. The first-order valence-electron chi connectivity index (χ1n) is 1.66. The minimum Gasteiger partial charge on any atom is -0.748 e. The zero-order chi connectivity index (χ0) is 5.91. The average molecular weight is 180 g/mol. The third-order valence-corrected chi connectivity index (χ3v) is 1.08. The molecule has 1 unspecified atom stereocenters. The fourth-order valence-electron chi connectivity index (χ4n) is 0.144. The smallest absolute Gasteiger partial charge is 0.748 e. The van der Waals surface area contributed by atoms with Gasteiger partial charge in [-0.25, -0.2) is 4.21 Å². The molecule has 0 fully saturated rings. The van der Waals surface area contributed by atoms with Crippen LogP contribution in [-0.2, 0) is 24.4 Å². The SMILES string of the molecule is CCOS(=O)([O-])=S.[K+]. The Labute approximate surface area is 96.3 Å². The van der Waals surface area contributed by atoms with Crippen molar-refractivity contribution in [2.45, 2.75) is 6.92 Å². The molecule has 0 aliphatic heterocycles. The molecule has 8 heavy (non-hydrogen) atoms. The Morgan fingerprint density at radius 1 is 1.88 bits per heavy atom. The molecule has 0 N–H and O–H groups in total. The van der Waals surface area contributed by atoms with Crippen LogP contribution in [-0.4, -0.2) is 15.4 Å². The van der Waals surface area contributed by atoms with Crippen molar-refractivity contribution >= 4 is 20.2 Å². The summed E-state index contributed by atoms with van der Waals surface area (Å²) in [6, 6.07) is 0. The first kappa shape index (κ1) is 12.6. The van der Waals surface area contributed by atoms with Crippen molar-refractivity contribution in [1.29, 1.82) is 0 Å². The standard InChI is InChI=1S/C2H6O3S2.K/c1-2-5-7(3,4)6;/h2H2,1H3,(H,3,4,6);/q;+1/p-1. The van der Waals surface area contributed by atoms with Crippen molar-refractivity contribution in [3.8, 4) is 0 Å². The first-order chi connectivity index (χ1) is 3.06. The van der Waals surface area contributed by atoms with E-state index in [0.717, 1.165) is 0 Å². The van der Waals surface area contributed by atoms with Crippen molar-refractivity contribution < 1.29 is 64.3 Å². The summed E-state index contributed by atoms with van der Waals surface area (Å²) in [5.74, 6) is 0. The summed E-state index contributed by atoms with van der Waals surface area (Å²) in [6.45, 7) is 1.68. The predicted octanol–water partition coefficient (Wildman–Crippen LogP) is -3.18. The Hall–Kier alpha value is 1.93. The fraction of sp³-hybridized carbons (Fsp3) is 1.00. The van der Waals surface area contributed by atoms with Gasteiger partial charge in [0, 0.05) is 0 Å². The van der Waals surface area contributed by atoms with Crippen LogP contribution in [0, 0.1) is 0 Å². The molecule has 0 saturated carbocycles. The van der Waals surface area contributed by atoms with E-state index in [0.29, 0.717) is 0 Å². The molecule has 1 atom stereocenters. The molecule has 0 saturated heterocycles. The Morgan fingerprint density at radius 3 is 2.25 bits per heavy atom. The van der Waals surface area contributed by atoms with Crippen molar-refractivity contribution in [3.05, 3.63) is 0 Å². The number of hydrogen-bond acceptors (Lipinski definition) is 4. The van der Waals surface area contributed by atoms with Gasteiger partial charge in [-0.2, -0.15) is 0 Å². The Balaban J connectivity index is 0. The maximum Gasteiger partial charge on any atom is 1.00 e. The summed E-state index contributed by atoms with van der Waals surface area (Å²) in [5.41, 5.74) is 0. The number of rotatable bonds is 2. The van der Waals surface area contributed by atoms with E-state index >= 15 is 0 Å². The fourth-order valence-corrected chi connectivity index (χ4v) is 0.722. The van der Waals surface area contributed by atoms with Crippen molar-refractivity contribution in [2.75, 3.05) is 6.61 Å².